The lowest BCUT2D eigenvalue weighted by Gasteiger charge is -2.22. The van der Waals surface area contributed by atoms with Crippen molar-refractivity contribution in [3.63, 3.8) is 0 Å². The number of ketones is 1. The second kappa shape index (κ2) is 15.0. The molecule has 164 valence electrons. The van der Waals surface area contributed by atoms with Crippen molar-refractivity contribution in [2.75, 3.05) is 46.1 Å². The average Bonchev–Trinajstić information content (AvgIpc) is 2.59. The molecule has 1 unspecified atom stereocenters. The van der Waals surface area contributed by atoms with E-state index in [4.69, 9.17) is 53.3 Å². The van der Waals surface area contributed by atoms with Crippen molar-refractivity contribution >= 4 is 71.5 Å². The predicted molar refractivity (Wildman–Crippen MR) is 110 cm³/mol. The number of halogens is 3. The lowest BCUT2D eigenvalue weighted by atomic mass is 10.5. The normalized spacial score (nSPS) is 13.6. The van der Waals surface area contributed by atoms with Crippen molar-refractivity contribution in [1.29, 1.82) is 0 Å². The van der Waals surface area contributed by atoms with E-state index in [2.05, 4.69) is 9.73 Å². The van der Waals surface area contributed by atoms with Crippen molar-refractivity contribution < 1.29 is 37.4 Å². The van der Waals surface area contributed by atoms with Gasteiger partial charge in [-0.3, -0.25) is 14.4 Å². The molecule has 0 aromatic rings. The van der Waals surface area contributed by atoms with E-state index < -0.39 is 29.7 Å². The first-order valence-corrected chi connectivity index (χ1v) is 11.7. The van der Waals surface area contributed by atoms with Crippen LogP contribution in [0.15, 0.2) is 4.99 Å². The van der Waals surface area contributed by atoms with Gasteiger partial charge in [-0.1, -0.05) is 34.8 Å². The molecule has 0 rings (SSSR count). The van der Waals surface area contributed by atoms with Crippen LogP contribution in [0.4, 0.5) is 0 Å². The molecule has 0 aromatic carbocycles. The second-order valence-electron chi connectivity index (χ2n) is 4.83. The van der Waals surface area contributed by atoms with Gasteiger partial charge in [0.05, 0.1) is 24.5 Å². The van der Waals surface area contributed by atoms with Gasteiger partial charge in [0, 0.05) is 7.11 Å². The van der Waals surface area contributed by atoms with Gasteiger partial charge in [-0.2, -0.15) is 0 Å². The van der Waals surface area contributed by atoms with Crippen LogP contribution in [-0.4, -0.2) is 73.0 Å². The van der Waals surface area contributed by atoms with E-state index in [1.165, 1.54) is 12.7 Å². The van der Waals surface area contributed by atoms with Crippen molar-refractivity contribution in [1.82, 2.24) is 0 Å². The largest absolute Gasteiger partial charge is 0.459 e. The van der Waals surface area contributed by atoms with Crippen LogP contribution in [0.25, 0.3) is 0 Å². The van der Waals surface area contributed by atoms with Crippen LogP contribution in [-0.2, 0) is 37.4 Å². The molecular formula is C14H23Cl3NO8PS. The Bertz CT molecular complexity index is 551. The van der Waals surface area contributed by atoms with E-state index in [0.717, 1.165) is 11.8 Å². The van der Waals surface area contributed by atoms with Crippen LogP contribution in [0.5, 0.6) is 0 Å². The zero-order chi connectivity index (χ0) is 21.6. The number of ether oxygens (including phenoxy) is 3. The Balaban J connectivity index is 5.09. The fourth-order valence-corrected chi connectivity index (χ4v) is 3.99. The summed E-state index contributed by atoms with van der Waals surface area (Å²) in [6.45, 7) is 2.43. The number of esters is 1. The van der Waals surface area contributed by atoms with E-state index in [1.54, 1.807) is 13.8 Å². The Morgan fingerprint density at radius 3 is 2.32 bits per heavy atom. The van der Waals surface area contributed by atoms with E-state index in [0.29, 0.717) is 0 Å². The minimum atomic E-state index is -3.99. The SMILES string of the molecule is CCOP(=O)(OCC)C(N=CSCC(=O)COCOC)C(=O)OCC(Cl)(Cl)Cl. The monoisotopic (exact) mass is 501 g/mol. The first kappa shape index (κ1) is 28.1. The molecule has 0 heterocycles. The summed E-state index contributed by atoms with van der Waals surface area (Å²) in [6, 6.07) is 0. The molecule has 0 saturated carbocycles. The molecule has 28 heavy (non-hydrogen) atoms. The van der Waals surface area contributed by atoms with E-state index in [-0.39, 0.29) is 38.1 Å². The molecule has 0 bridgehead atoms. The maximum absolute atomic E-state index is 12.9. The summed E-state index contributed by atoms with van der Waals surface area (Å²) in [5.41, 5.74) is 1.18. The fourth-order valence-electron chi connectivity index (χ4n) is 1.55. The van der Waals surface area contributed by atoms with Gasteiger partial charge in [-0.15, -0.1) is 11.8 Å². The molecule has 0 amide bonds. The van der Waals surface area contributed by atoms with Crippen LogP contribution in [0, 0.1) is 0 Å². The zero-order valence-electron chi connectivity index (χ0n) is 15.6. The molecule has 14 heteroatoms. The maximum Gasteiger partial charge on any atom is 0.366 e. The number of carbonyl (C=O) groups is 2. The highest BCUT2D eigenvalue weighted by atomic mass is 35.6. The Morgan fingerprint density at radius 1 is 1.21 bits per heavy atom. The fraction of sp³-hybridized carbons (Fsp3) is 0.786. The maximum atomic E-state index is 12.9. The molecule has 0 aliphatic heterocycles. The van der Waals surface area contributed by atoms with Crippen molar-refractivity contribution in [2.24, 2.45) is 4.99 Å². The van der Waals surface area contributed by atoms with E-state index in [9.17, 15) is 14.2 Å². The third kappa shape index (κ3) is 12.6. The predicted octanol–water partition coefficient (Wildman–Crippen LogP) is 3.44. The minimum absolute atomic E-state index is 0.00347. The number of alkyl halides is 3. The summed E-state index contributed by atoms with van der Waals surface area (Å²) in [5, 5.41) is 0. The van der Waals surface area contributed by atoms with Crippen LogP contribution in [0.2, 0.25) is 0 Å². The minimum Gasteiger partial charge on any atom is -0.459 e. The summed E-state index contributed by atoms with van der Waals surface area (Å²) in [6.07, 6.45) is 0. The number of methoxy groups -OCH3 is 1. The van der Waals surface area contributed by atoms with Crippen LogP contribution in [0.1, 0.15) is 13.8 Å². The molecule has 0 radical (unpaired) electrons. The van der Waals surface area contributed by atoms with E-state index >= 15 is 0 Å². The topological polar surface area (TPSA) is 110 Å². The third-order valence-corrected chi connectivity index (χ3v) is 5.76. The highest BCUT2D eigenvalue weighted by Crippen LogP contribution is 2.54. The molecule has 1 atom stereocenters. The summed E-state index contributed by atoms with van der Waals surface area (Å²) in [4.78, 5) is 27.8. The van der Waals surface area contributed by atoms with Gasteiger partial charge >= 0.3 is 13.6 Å². The number of carbonyl (C=O) groups excluding carboxylic acids is 2. The van der Waals surface area contributed by atoms with Crippen molar-refractivity contribution in [3.05, 3.63) is 0 Å². The van der Waals surface area contributed by atoms with Crippen LogP contribution >= 0.6 is 54.2 Å². The molecule has 0 aliphatic carbocycles. The number of hydrogen-bond acceptors (Lipinski definition) is 10. The summed E-state index contributed by atoms with van der Waals surface area (Å²) < 4.78 is 35.8. The van der Waals surface area contributed by atoms with Gasteiger partial charge in [0.2, 0.25) is 9.58 Å². The van der Waals surface area contributed by atoms with Crippen molar-refractivity contribution in [2.45, 2.75) is 23.4 Å². The van der Waals surface area contributed by atoms with Gasteiger partial charge in [-0.25, -0.2) is 4.79 Å². The first-order valence-electron chi connectivity index (χ1n) is 7.93. The molecule has 0 N–H and O–H groups in total. The molecular weight excluding hydrogens is 480 g/mol. The Kier molecular flexibility index (Phi) is 15.0. The van der Waals surface area contributed by atoms with Crippen LogP contribution < -0.4 is 0 Å². The standard InChI is InChI=1S/C14H23Cl3NO8PS/c1-4-25-27(21,26-5-2)12(13(20)24-8-14(15,16)17)18-9-28-7-11(19)6-23-10-22-3/h9,12H,4-8,10H2,1-3H3. The molecule has 9 nitrogen and oxygen atoms in total. The Morgan fingerprint density at radius 2 is 1.82 bits per heavy atom. The average molecular weight is 503 g/mol. The van der Waals surface area contributed by atoms with Crippen LogP contribution in [0.3, 0.4) is 0 Å². The molecule has 0 aromatic heterocycles. The first-order chi connectivity index (χ1) is 13.1. The van der Waals surface area contributed by atoms with Crippen molar-refractivity contribution in [3.8, 4) is 0 Å². The summed E-state index contributed by atoms with van der Waals surface area (Å²) >= 11 is 17.6. The molecule has 0 fully saturated rings. The smallest absolute Gasteiger partial charge is 0.366 e. The second-order valence-corrected chi connectivity index (χ2v) is 10.3. The number of rotatable bonds is 15. The van der Waals surface area contributed by atoms with E-state index in [1.807, 2.05) is 0 Å². The number of hydrogen-bond donors (Lipinski definition) is 0. The Hall–Kier alpha value is 0.1000. The summed E-state index contributed by atoms with van der Waals surface area (Å²) in [7, 11) is -2.56. The highest BCUT2D eigenvalue weighted by molar-refractivity contribution is 8.12. The number of aliphatic imine (C=N–C) groups is 1. The van der Waals surface area contributed by atoms with Gasteiger partial charge < -0.3 is 23.3 Å². The molecule has 0 aliphatic rings. The molecule has 0 spiro atoms. The van der Waals surface area contributed by atoms with Gasteiger partial charge in [0.15, 0.2) is 5.78 Å². The number of Topliss-reactive ketones (excluding diaryl/α,β-unsaturated/α-hetero) is 1. The number of nitrogens with zero attached hydrogens (tertiary/aromatic N) is 1. The summed E-state index contributed by atoms with van der Waals surface area (Å²) in [5.74, 6) is -2.91. The lowest BCUT2D eigenvalue weighted by molar-refractivity contribution is -0.143. The highest BCUT2D eigenvalue weighted by Gasteiger charge is 2.43. The van der Waals surface area contributed by atoms with Gasteiger partial charge in [0.25, 0.3) is 0 Å². The van der Waals surface area contributed by atoms with Gasteiger partial charge in [0.1, 0.15) is 20.0 Å². The third-order valence-electron chi connectivity index (χ3n) is 2.49. The Labute approximate surface area is 183 Å². The quantitative estimate of drug-likeness (QED) is 0.0632. The zero-order valence-corrected chi connectivity index (χ0v) is 19.6. The van der Waals surface area contributed by atoms with Gasteiger partial charge in [-0.05, 0) is 13.8 Å². The lowest BCUT2D eigenvalue weighted by Crippen LogP contribution is -2.27. The molecule has 0 saturated heterocycles. The number of thioether (sulfide) groups is 1.